The van der Waals surface area contributed by atoms with Crippen molar-refractivity contribution in [3.05, 3.63) is 59.7 Å². The molecule has 2 amide bonds. The first-order chi connectivity index (χ1) is 15.2. The van der Waals surface area contributed by atoms with E-state index in [0.29, 0.717) is 0 Å². The number of hydrogen-bond acceptors (Lipinski definition) is 4. The summed E-state index contributed by atoms with van der Waals surface area (Å²) in [6.07, 6.45) is -0.696. The van der Waals surface area contributed by atoms with Gasteiger partial charge in [-0.3, -0.25) is 9.59 Å². The van der Waals surface area contributed by atoms with Crippen molar-refractivity contribution in [3.63, 3.8) is 0 Å². The van der Waals surface area contributed by atoms with Crippen molar-refractivity contribution in [3.8, 4) is 11.1 Å². The summed E-state index contributed by atoms with van der Waals surface area (Å²) < 4.78 is 5.55. The van der Waals surface area contributed by atoms with Crippen molar-refractivity contribution < 1.29 is 24.2 Å². The molecule has 0 aromatic heterocycles. The average molecular weight is 439 g/mol. The van der Waals surface area contributed by atoms with Crippen molar-refractivity contribution in [2.24, 2.45) is 5.92 Å². The van der Waals surface area contributed by atoms with Gasteiger partial charge in [-0.05, 0) is 42.0 Å². The predicted molar refractivity (Wildman–Crippen MR) is 121 cm³/mol. The van der Waals surface area contributed by atoms with E-state index < -0.39 is 30.6 Å². The molecule has 0 radical (unpaired) electrons. The average Bonchev–Trinajstić information content (AvgIpc) is 3.07. The molecule has 1 aliphatic carbocycles. The van der Waals surface area contributed by atoms with E-state index in [1.807, 2.05) is 36.4 Å². The molecule has 0 saturated heterocycles. The number of carboxylic acid groups (broad SMARTS) is 1. The molecule has 7 heteroatoms. The van der Waals surface area contributed by atoms with Crippen molar-refractivity contribution in [1.29, 1.82) is 0 Å². The maximum atomic E-state index is 13.0. The third-order valence-corrected chi connectivity index (χ3v) is 5.76. The van der Waals surface area contributed by atoms with Gasteiger partial charge in [-0.25, -0.2) is 4.79 Å². The third-order valence-electron chi connectivity index (χ3n) is 5.76. The first-order valence-electron chi connectivity index (χ1n) is 10.8. The summed E-state index contributed by atoms with van der Waals surface area (Å²) in [6.45, 7) is 6.79. The zero-order valence-corrected chi connectivity index (χ0v) is 18.9. The van der Waals surface area contributed by atoms with Crippen molar-refractivity contribution in [1.82, 2.24) is 10.2 Å². The quantitative estimate of drug-likeness (QED) is 0.652. The van der Waals surface area contributed by atoms with E-state index in [9.17, 15) is 14.4 Å². The van der Waals surface area contributed by atoms with Gasteiger partial charge in [0.05, 0.1) is 0 Å². The molecule has 0 bridgehead atoms. The number of ether oxygens (including phenoxy) is 1. The second kappa shape index (κ2) is 9.85. The second-order valence-electron chi connectivity index (χ2n) is 8.65. The van der Waals surface area contributed by atoms with Crippen LogP contribution in [-0.2, 0) is 14.3 Å². The number of aliphatic carboxylic acids is 1. The van der Waals surface area contributed by atoms with Crippen LogP contribution in [0.3, 0.4) is 0 Å². The molecule has 1 aliphatic rings. The van der Waals surface area contributed by atoms with Crippen molar-refractivity contribution in [2.75, 3.05) is 13.2 Å². The monoisotopic (exact) mass is 438 g/mol. The zero-order chi connectivity index (χ0) is 23.4. The van der Waals surface area contributed by atoms with Crippen LogP contribution in [0.4, 0.5) is 4.79 Å². The Balaban J connectivity index is 1.70. The minimum absolute atomic E-state index is 0.0828. The number of nitrogens with zero attached hydrogens (tertiary/aromatic N) is 1. The topological polar surface area (TPSA) is 95.9 Å². The molecule has 0 spiro atoms. The molecule has 2 aromatic rings. The molecule has 170 valence electrons. The molecule has 0 unspecified atom stereocenters. The van der Waals surface area contributed by atoms with Crippen LogP contribution in [0.5, 0.6) is 0 Å². The fourth-order valence-corrected chi connectivity index (χ4v) is 4.12. The summed E-state index contributed by atoms with van der Waals surface area (Å²) >= 11 is 0. The Kier molecular flexibility index (Phi) is 7.18. The lowest BCUT2D eigenvalue weighted by Gasteiger charge is -2.31. The van der Waals surface area contributed by atoms with Gasteiger partial charge in [-0.2, -0.15) is 0 Å². The van der Waals surface area contributed by atoms with E-state index >= 15 is 0 Å². The molecule has 0 fully saturated rings. The predicted octanol–water partition coefficient (Wildman–Crippen LogP) is 3.87. The van der Waals surface area contributed by atoms with Gasteiger partial charge in [0.2, 0.25) is 5.91 Å². The Hall–Kier alpha value is -3.35. The SMILES string of the molecule is CC(C)[C@H](NC(=O)OCC1c2ccccc2-c2ccccc21)C(=O)N(CC(=O)O)C(C)C. The Labute approximate surface area is 188 Å². The highest BCUT2D eigenvalue weighted by atomic mass is 16.5. The third kappa shape index (κ3) is 4.93. The maximum absolute atomic E-state index is 13.0. The number of benzene rings is 2. The molecule has 2 N–H and O–H groups in total. The lowest BCUT2D eigenvalue weighted by atomic mass is 9.98. The fourth-order valence-electron chi connectivity index (χ4n) is 4.12. The van der Waals surface area contributed by atoms with Gasteiger partial charge < -0.3 is 20.1 Å². The van der Waals surface area contributed by atoms with Gasteiger partial charge in [0.25, 0.3) is 0 Å². The Morgan fingerprint density at radius 2 is 1.50 bits per heavy atom. The molecule has 32 heavy (non-hydrogen) atoms. The van der Waals surface area contributed by atoms with Gasteiger partial charge in [-0.15, -0.1) is 0 Å². The fraction of sp³-hybridized carbons (Fsp3) is 0.400. The Morgan fingerprint density at radius 1 is 0.969 bits per heavy atom. The highest BCUT2D eigenvalue weighted by Gasteiger charge is 2.33. The molecule has 0 saturated carbocycles. The summed E-state index contributed by atoms with van der Waals surface area (Å²) in [7, 11) is 0. The second-order valence-corrected chi connectivity index (χ2v) is 8.65. The van der Waals surface area contributed by atoms with Crippen molar-refractivity contribution in [2.45, 2.75) is 45.7 Å². The number of nitrogens with one attached hydrogen (secondary N) is 1. The van der Waals surface area contributed by atoms with Crippen LogP contribution < -0.4 is 5.32 Å². The number of fused-ring (bicyclic) bond motifs is 3. The van der Waals surface area contributed by atoms with E-state index in [4.69, 9.17) is 9.84 Å². The number of rotatable bonds is 8. The normalized spacial score (nSPS) is 13.4. The van der Waals surface area contributed by atoms with Crippen LogP contribution in [-0.4, -0.2) is 53.2 Å². The number of carboxylic acids is 1. The first-order valence-corrected chi connectivity index (χ1v) is 10.8. The summed E-state index contributed by atoms with van der Waals surface area (Å²) in [6, 6.07) is 14.9. The number of alkyl carbamates (subject to hydrolysis) is 1. The molecule has 7 nitrogen and oxygen atoms in total. The minimum atomic E-state index is -1.10. The van der Waals surface area contributed by atoms with E-state index in [2.05, 4.69) is 17.4 Å². The summed E-state index contributed by atoms with van der Waals surface area (Å²) in [5, 5.41) is 11.8. The van der Waals surface area contributed by atoms with Crippen LogP contribution in [0.25, 0.3) is 11.1 Å². The molecule has 0 aliphatic heterocycles. The Morgan fingerprint density at radius 3 is 1.97 bits per heavy atom. The van der Waals surface area contributed by atoms with Crippen LogP contribution >= 0.6 is 0 Å². The molecule has 3 rings (SSSR count). The lowest BCUT2D eigenvalue weighted by molar-refractivity contribution is -0.147. The molecule has 0 heterocycles. The molecule has 2 aromatic carbocycles. The van der Waals surface area contributed by atoms with Crippen molar-refractivity contribution >= 4 is 18.0 Å². The number of carbonyl (C=O) groups excluding carboxylic acids is 2. The maximum Gasteiger partial charge on any atom is 0.407 e. The van der Waals surface area contributed by atoms with Crippen LogP contribution in [0, 0.1) is 5.92 Å². The largest absolute Gasteiger partial charge is 0.480 e. The molecular weight excluding hydrogens is 408 g/mol. The summed E-state index contributed by atoms with van der Waals surface area (Å²) in [5.41, 5.74) is 4.47. The molecule has 1 atom stereocenters. The van der Waals surface area contributed by atoms with Crippen LogP contribution in [0.1, 0.15) is 44.7 Å². The van der Waals surface area contributed by atoms with E-state index in [1.54, 1.807) is 27.7 Å². The van der Waals surface area contributed by atoms with E-state index in [0.717, 1.165) is 22.3 Å². The zero-order valence-electron chi connectivity index (χ0n) is 18.9. The highest BCUT2D eigenvalue weighted by Crippen LogP contribution is 2.44. The summed E-state index contributed by atoms with van der Waals surface area (Å²) in [4.78, 5) is 38.0. The van der Waals surface area contributed by atoms with E-state index in [1.165, 1.54) is 4.90 Å². The highest BCUT2D eigenvalue weighted by molar-refractivity contribution is 5.88. The van der Waals surface area contributed by atoms with Gasteiger partial charge in [0, 0.05) is 12.0 Å². The standard InChI is InChI=1S/C25H30N2O5/c1-15(2)23(24(30)27(16(3)4)13-22(28)29)26-25(31)32-14-21-19-11-7-5-9-17(19)18-10-6-8-12-20(18)21/h5-12,15-16,21,23H,13-14H2,1-4H3,(H,26,31)(H,28,29)/t23-/m0/s1. The smallest absolute Gasteiger partial charge is 0.407 e. The van der Waals surface area contributed by atoms with E-state index in [-0.39, 0.29) is 24.5 Å². The van der Waals surface area contributed by atoms with Crippen LogP contribution in [0.15, 0.2) is 48.5 Å². The minimum Gasteiger partial charge on any atom is -0.480 e. The van der Waals surface area contributed by atoms with Gasteiger partial charge in [-0.1, -0.05) is 62.4 Å². The van der Waals surface area contributed by atoms with Gasteiger partial charge in [0.1, 0.15) is 19.2 Å². The summed E-state index contributed by atoms with van der Waals surface area (Å²) in [5.74, 6) is -1.86. The van der Waals surface area contributed by atoms with Crippen LogP contribution in [0.2, 0.25) is 0 Å². The number of hydrogen-bond donors (Lipinski definition) is 2. The van der Waals surface area contributed by atoms with Gasteiger partial charge in [0.15, 0.2) is 0 Å². The number of amides is 2. The van der Waals surface area contributed by atoms with Gasteiger partial charge >= 0.3 is 12.1 Å². The molecular formula is C25H30N2O5. The Bertz CT molecular complexity index is 956. The first kappa shape index (κ1) is 23.3. The number of carbonyl (C=O) groups is 3. The lowest BCUT2D eigenvalue weighted by Crippen LogP contribution is -2.54.